The number of rotatable bonds is 5. The second-order valence-electron chi connectivity index (χ2n) is 3.52. The lowest BCUT2D eigenvalue weighted by molar-refractivity contribution is -0.145. The minimum absolute atomic E-state index is 0.410. The minimum atomic E-state index is -0.800. The number of hydrogen-bond acceptors (Lipinski definition) is 3. The van der Waals surface area contributed by atoms with E-state index in [1.165, 1.54) is 0 Å². The molecule has 0 heterocycles. The van der Waals surface area contributed by atoms with Crippen molar-refractivity contribution in [2.24, 2.45) is 5.73 Å². The highest BCUT2D eigenvalue weighted by Gasteiger charge is 2.19. The summed E-state index contributed by atoms with van der Waals surface area (Å²) in [5.74, 6) is -0.429. The molecule has 0 spiro atoms. The molecule has 0 aliphatic heterocycles. The summed E-state index contributed by atoms with van der Waals surface area (Å²) in [6, 6.07) is 6.22. The average molecular weight is 242 g/mol. The van der Waals surface area contributed by atoms with Crippen LogP contribution in [0.3, 0.4) is 0 Å². The second kappa shape index (κ2) is 6.51. The van der Waals surface area contributed by atoms with E-state index in [-0.39, 0.29) is 0 Å². The van der Waals surface area contributed by atoms with E-state index < -0.39 is 12.0 Å². The molecule has 1 atom stereocenters. The van der Waals surface area contributed by atoms with Gasteiger partial charge in [-0.25, -0.2) is 4.79 Å². The summed E-state index contributed by atoms with van der Waals surface area (Å²) in [6.07, 6.45) is 1.83. The third-order valence-corrected chi connectivity index (χ3v) is 2.58. The van der Waals surface area contributed by atoms with Gasteiger partial charge in [0.2, 0.25) is 0 Å². The molecule has 0 bridgehead atoms. The summed E-state index contributed by atoms with van der Waals surface area (Å²) in [6.45, 7) is 2.44. The van der Waals surface area contributed by atoms with Crippen LogP contribution in [0.4, 0.5) is 0 Å². The van der Waals surface area contributed by atoms with E-state index in [1.54, 1.807) is 24.3 Å². The van der Waals surface area contributed by atoms with E-state index >= 15 is 0 Å². The summed E-state index contributed by atoms with van der Waals surface area (Å²) in [4.78, 5) is 11.6. The lowest BCUT2D eigenvalue weighted by Gasteiger charge is -2.12. The van der Waals surface area contributed by atoms with Crippen LogP contribution in [0.5, 0.6) is 0 Å². The molecular weight excluding hydrogens is 226 g/mol. The van der Waals surface area contributed by atoms with Crippen molar-refractivity contribution in [3.8, 4) is 0 Å². The van der Waals surface area contributed by atoms with Crippen LogP contribution in [-0.2, 0) is 9.53 Å². The van der Waals surface area contributed by atoms with Crippen molar-refractivity contribution in [1.29, 1.82) is 0 Å². The van der Waals surface area contributed by atoms with Crippen molar-refractivity contribution < 1.29 is 9.53 Å². The van der Waals surface area contributed by atoms with Gasteiger partial charge in [0.25, 0.3) is 0 Å². The zero-order chi connectivity index (χ0) is 12.0. The lowest BCUT2D eigenvalue weighted by atomic mass is 10.1. The number of benzene rings is 1. The van der Waals surface area contributed by atoms with Gasteiger partial charge in [-0.2, -0.15) is 0 Å². The number of halogens is 1. The number of esters is 1. The molecule has 88 valence electrons. The number of ether oxygens (including phenoxy) is 1. The maximum absolute atomic E-state index is 11.6. The first-order chi connectivity index (χ1) is 7.66. The van der Waals surface area contributed by atoms with Crippen LogP contribution < -0.4 is 5.73 Å². The van der Waals surface area contributed by atoms with Gasteiger partial charge in [-0.3, -0.25) is 0 Å². The van der Waals surface area contributed by atoms with Gasteiger partial charge in [0.15, 0.2) is 0 Å². The van der Waals surface area contributed by atoms with Crippen LogP contribution >= 0.6 is 11.6 Å². The molecule has 0 unspecified atom stereocenters. The molecule has 2 N–H and O–H groups in total. The molecule has 0 aromatic heterocycles. The Balaban J connectivity index is 2.60. The molecule has 0 fully saturated rings. The molecule has 0 aliphatic carbocycles. The largest absolute Gasteiger partial charge is 0.464 e. The zero-order valence-corrected chi connectivity index (χ0v) is 10.0. The normalized spacial score (nSPS) is 12.2. The molecule has 1 aromatic carbocycles. The van der Waals surface area contributed by atoms with E-state index in [2.05, 4.69) is 0 Å². The predicted octanol–water partition coefficient (Wildman–Crippen LogP) is 2.68. The second-order valence-corrected chi connectivity index (χ2v) is 3.93. The van der Waals surface area contributed by atoms with Gasteiger partial charge in [0, 0.05) is 5.02 Å². The number of unbranched alkanes of at least 4 members (excludes halogenated alkanes) is 1. The van der Waals surface area contributed by atoms with Gasteiger partial charge in [-0.05, 0) is 18.1 Å². The average Bonchev–Trinajstić information content (AvgIpc) is 2.29. The molecule has 0 aliphatic rings. The summed E-state index contributed by atoms with van der Waals surface area (Å²) < 4.78 is 5.03. The highest BCUT2D eigenvalue weighted by atomic mass is 35.5. The van der Waals surface area contributed by atoms with Crippen LogP contribution in [-0.4, -0.2) is 12.6 Å². The van der Waals surface area contributed by atoms with E-state index in [4.69, 9.17) is 22.1 Å². The molecule has 0 radical (unpaired) electrons. The Kier molecular flexibility index (Phi) is 5.29. The third-order valence-electron chi connectivity index (χ3n) is 2.24. The smallest absolute Gasteiger partial charge is 0.327 e. The van der Waals surface area contributed by atoms with Crippen molar-refractivity contribution in [3.05, 3.63) is 34.9 Å². The van der Waals surface area contributed by atoms with Gasteiger partial charge in [0.05, 0.1) is 6.61 Å². The van der Waals surface area contributed by atoms with Crippen LogP contribution in [0.1, 0.15) is 31.4 Å². The number of carbonyl (C=O) groups is 1. The maximum Gasteiger partial charge on any atom is 0.327 e. The fourth-order valence-electron chi connectivity index (χ4n) is 1.26. The lowest BCUT2D eigenvalue weighted by Crippen LogP contribution is -2.24. The van der Waals surface area contributed by atoms with E-state index in [0.717, 1.165) is 12.8 Å². The molecule has 1 rings (SSSR count). The Morgan fingerprint density at radius 1 is 1.50 bits per heavy atom. The van der Waals surface area contributed by atoms with Crippen molar-refractivity contribution in [2.75, 3.05) is 6.61 Å². The quantitative estimate of drug-likeness (QED) is 0.637. The first-order valence-electron chi connectivity index (χ1n) is 5.33. The van der Waals surface area contributed by atoms with Gasteiger partial charge >= 0.3 is 5.97 Å². The van der Waals surface area contributed by atoms with Gasteiger partial charge in [-0.15, -0.1) is 0 Å². The topological polar surface area (TPSA) is 52.3 Å². The molecule has 0 amide bonds. The first-order valence-corrected chi connectivity index (χ1v) is 5.71. The van der Waals surface area contributed by atoms with Gasteiger partial charge in [0.1, 0.15) is 6.04 Å². The highest BCUT2D eigenvalue weighted by Crippen LogP contribution is 2.21. The molecule has 4 heteroatoms. The Labute approximate surface area is 101 Å². The molecule has 0 saturated carbocycles. The van der Waals surface area contributed by atoms with Crippen LogP contribution in [0.15, 0.2) is 24.3 Å². The highest BCUT2D eigenvalue weighted by molar-refractivity contribution is 6.31. The summed E-state index contributed by atoms with van der Waals surface area (Å²) in [5, 5.41) is 0.488. The summed E-state index contributed by atoms with van der Waals surface area (Å²) >= 11 is 5.94. The standard InChI is InChI=1S/C12H16ClNO2/c1-2-3-8-16-12(15)11(14)9-6-4-5-7-10(9)13/h4-7,11H,2-3,8,14H2,1H3/t11-/m1/s1. The number of carbonyl (C=O) groups excluding carboxylic acids is 1. The Bertz CT molecular complexity index is 355. The fourth-order valence-corrected chi connectivity index (χ4v) is 1.51. The van der Waals surface area contributed by atoms with E-state index in [0.29, 0.717) is 17.2 Å². The van der Waals surface area contributed by atoms with Crippen molar-refractivity contribution >= 4 is 17.6 Å². The van der Waals surface area contributed by atoms with Crippen molar-refractivity contribution in [1.82, 2.24) is 0 Å². The fraction of sp³-hybridized carbons (Fsp3) is 0.417. The van der Waals surface area contributed by atoms with Crippen molar-refractivity contribution in [2.45, 2.75) is 25.8 Å². The van der Waals surface area contributed by atoms with Crippen LogP contribution in [0, 0.1) is 0 Å². The Hall–Kier alpha value is -1.06. The minimum Gasteiger partial charge on any atom is -0.464 e. The van der Waals surface area contributed by atoms with E-state index in [9.17, 15) is 4.79 Å². The van der Waals surface area contributed by atoms with Crippen LogP contribution in [0.25, 0.3) is 0 Å². The summed E-state index contributed by atoms with van der Waals surface area (Å²) in [5.41, 5.74) is 6.37. The number of hydrogen-bond donors (Lipinski definition) is 1. The molecule has 1 aromatic rings. The van der Waals surface area contributed by atoms with Gasteiger partial charge < -0.3 is 10.5 Å². The van der Waals surface area contributed by atoms with Crippen molar-refractivity contribution in [3.63, 3.8) is 0 Å². The molecule has 0 saturated heterocycles. The van der Waals surface area contributed by atoms with Gasteiger partial charge in [-0.1, -0.05) is 43.1 Å². The summed E-state index contributed by atoms with van der Waals surface area (Å²) in [7, 11) is 0. The zero-order valence-electron chi connectivity index (χ0n) is 9.28. The number of nitrogens with two attached hydrogens (primary N) is 1. The van der Waals surface area contributed by atoms with Crippen LogP contribution in [0.2, 0.25) is 5.02 Å². The molecular formula is C12H16ClNO2. The Morgan fingerprint density at radius 3 is 2.81 bits per heavy atom. The Morgan fingerprint density at radius 2 is 2.19 bits per heavy atom. The third kappa shape index (κ3) is 3.51. The monoisotopic (exact) mass is 241 g/mol. The first kappa shape index (κ1) is 13.0. The maximum atomic E-state index is 11.6. The van der Waals surface area contributed by atoms with E-state index in [1.807, 2.05) is 6.92 Å². The SMILES string of the molecule is CCCCOC(=O)[C@H](N)c1ccccc1Cl. The molecule has 16 heavy (non-hydrogen) atoms. The predicted molar refractivity (Wildman–Crippen MR) is 64.2 cm³/mol. The molecule has 3 nitrogen and oxygen atoms in total.